The van der Waals surface area contributed by atoms with E-state index in [2.05, 4.69) is 25.1 Å². The minimum absolute atomic E-state index is 0.0317. The number of nitrogens with two attached hydrogens (primary N) is 1. The first kappa shape index (κ1) is 21.7. The van der Waals surface area contributed by atoms with Gasteiger partial charge in [0.15, 0.2) is 0 Å². The fourth-order valence-electron chi connectivity index (χ4n) is 3.68. The van der Waals surface area contributed by atoms with Crippen LogP contribution in [0.3, 0.4) is 0 Å². The van der Waals surface area contributed by atoms with Gasteiger partial charge < -0.3 is 25.1 Å². The summed E-state index contributed by atoms with van der Waals surface area (Å²) < 4.78 is 17.0. The molecule has 0 aliphatic heterocycles. The van der Waals surface area contributed by atoms with E-state index in [9.17, 15) is 5.11 Å². The Bertz CT molecular complexity index is 1000. The average Bonchev–Trinajstić information content (AvgIpc) is 2.78. The molecule has 3 aromatic rings. The molecule has 0 saturated heterocycles. The molecule has 30 heavy (non-hydrogen) atoms. The Morgan fingerprint density at radius 3 is 1.87 bits per heavy atom. The van der Waals surface area contributed by atoms with E-state index in [0.29, 0.717) is 30.4 Å². The van der Waals surface area contributed by atoms with Crippen molar-refractivity contribution >= 4 is 0 Å². The van der Waals surface area contributed by atoms with Gasteiger partial charge in [-0.3, -0.25) is 0 Å². The van der Waals surface area contributed by atoms with Crippen LogP contribution in [0.5, 0.6) is 17.2 Å². The van der Waals surface area contributed by atoms with Crippen molar-refractivity contribution in [1.29, 1.82) is 0 Å². The van der Waals surface area contributed by atoms with Gasteiger partial charge in [0.05, 0.1) is 20.8 Å². The maximum absolute atomic E-state index is 9.60. The second kappa shape index (κ2) is 9.65. The molecule has 0 atom stereocenters. The van der Waals surface area contributed by atoms with E-state index in [1.807, 2.05) is 37.3 Å². The second-order valence-electron chi connectivity index (χ2n) is 7.14. The van der Waals surface area contributed by atoms with Crippen LogP contribution in [0.2, 0.25) is 0 Å². The van der Waals surface area contributed by atoms with E-state index in [1.54, 1.807) is 14.2 Å². The largest absolute Gasteiger partial charge is 0.496 e. The Kier molecular flexibility index (Phi) is 6.98. The van der Waals surface area contributed by atoms with Crippen molar-refractivity contribution in [2.24, 2.45) is 5.73 Å². The Labute approximate surface area is 178 Å². The quantitative estimate of drug-likeness (QED) is 0.574. The lowest BCUT2D eigenvalue weighted by Crippen LogP contribution is -2.05. The van der Waals surface area contributed by atoms with Gasteiger partial charge in [-0.25, -0.2) is 0 Å². The molecule has 3 N–H and O–H groups in total. The molecule has 0 spiro atoms. The lowest BCUT2D eigenvalue weighted by Gasteiger charge is -2.17. The molecule has 0 heterocycles. The smallest absolute Gasteiger partial charge is 0.130 e. The summed E-state index contributed by atoms with van der Waals surface area (Å²) in [6.07, 6.45) is 0. The molecule has 0 radical (unpaired) electrons. The monoisotopic (exact) mass is 407 g/mol. The number of hydrogen-bond acceptors (Lipinski definition) is 5. The van der Waals surface area contributed by atoms with Crippen molar-refractivity contribution in [3.8, 4) is 28.4 Å². The zero-order valence-corrected chi connectivity index (χ0v) is 18.0. The topological polar surface area (TPSA) is 73.9 Å². The molecule has 0 aromatic heterocycles. The van der Waals surface area contributed by atoms with Crippen molar-refractivity contribution in [3.63, 3.8) is 0 Å². The van der Waals surface area contributed by atoms with Crippen LogP contribution >= 0.6 is 0 Å². The minimum Gasteiger partial charge on any atom is -0.496 e. The van der Waals surface area contributed by atoms with Gasteiger partial charge in [-0.1, -0.05) is 36.4 Å². The Morgan fingerprint density at radius 2 is 1.37 bits per heavy atom. The van der Waals surface area contributed by atoms with Crippen molar-refractivity contribution in [2.75, 3.05) is 14.2 Å². The molecule has 5 nitrogen and oxygen atoms in total. The van der Waals surface area contributed by atoms with Crippen LogP contribution in [0, 0.1) is 13.8 Å². The predicted octanol–water partition coefficient (Wildman–Crippen LogP) is 4.52. The maximum Gasteiger partial charge on any atom is 0.130 e. The fourth-order valence-corrected chi connectivity index (χ4v) is 3.68. The highest BCUT2D eigenvalue weighted by molar-refractivity contribution is 5.72. The van der Waals surface area contributed by atoms with E-state index >= 15 is 0 Å². The van der Waals surface area contributed by atoms with E-state index < -0.39 is 0 Å². The highest BCUT2D eigenvalue weighted by Crippen LogP contribution is 2.35. The Balaban J connectivity index is 1.90. The van der Waals surface area contributed by atoms with Crippen LogP contribution in [0.1, 0.15) is 27.8 Å². The first-order valence-corrected chi connectivity index (χ1v) is 9.90. The molecule has 0 aliphatic rings. The molecular formula is C25H29NO4. The number of hydrogen-bond donors (Lipinski definition) is 2. The number of aliphatic hydroxyl groups excluding tert-OH is 1. The van der Waals surface area contributed by atoms with Gasteiger partial charge in [-0.05, 0) is 47.2 Å². The lowest BCUT2D eigenvalue weighted by atomic mass is 9.92. The molecule has 0 aliphatic carbocycles. The van der Waals surface area contributed by atoms with Crippen molar-refractivity contribution in [3.05, 3.63) is 76.3 Å². The summed E-state index contributed by atoms with van der Waals surface area (Å²) in [5, 5.41) is 9.60. The van der Waals surface area contributed by atoms with Crippen LogP contribution in [0.4, 0.5) is 0 Å². The number of rotatable bonds is 8. The van der Waals surface area contributed by atoms with Gasteiger partial charge >= 0.3 is 0 Å². The van der Waals surface area contributed by atoms with Crippen LogP contribution in [0.25, 0.3) is 11.1 Å². The van der Waals surface area contributed by atoms with Gasteiger partial charge in [0.1, 0.15) is 23.9 Å². The Hall–Kier alpha value is -3.02. The predicted molar refractivity (Wildman–Crippen MR) is 119 cm³/mol. The summed E-state index contributed by atoms with van der Waals surface area (Å²) in [7, 11) is 3.21. The molecule has 0 unspecified atom stereocenters. The number of ether oxygens (including phenoxy) is 3. The van der Waals surface area contributed by atoms with Gasteiger partial charge in [-0.2, -0.15) is 0 Å². The number of methoxy groups -OCH3 is 2. The van der Waals surface area contributed by atoms with E-state index in [0.717, 1.165) is 38.9 Å². The standard InChI is InChI=1S/C25H29NO4/c1-16-18(14-27)7-5-9-21(16)22-10-6-8-19(17(22)2)15-30-20-11-24(28-3)23(13-26)25(12-20)29-4/h5-12,27H,13-15,26H2,1-4H3. The lowest BCUT2D eigenvalue weighted by molar-refractivity contribution is 0.281. The molecular weight excluding hydrogens is 378 g/mol. The van der Waals surface area contributed by atoms with E-state index in [4.69, 9.17) is 19.9 Å². The second-order valence-corrected chi connectivity index (χ2v) is 7.14. The third kappa shape index (κ3) is 4.27. The Morgan fingerprint density at radius 1 is 0.833 bits per heavy atom. The van der Waals surface area contributed by atoms with Crippen LogP contribution in [-0.2, 0) is 19.8 Å². The summed E-state index contributed by atoms with van der Waals surface area (Å²) in [6.45, 7) is 4.90. The molecule has 0 saturated carbocycles. The van der Waals surface area contributed by atoms with E-state index in [1.165, 1.54) is 0 Å². The normalized spacial score (nSPS) is 10.7. The molecule has 3 rings (SSSR count). The zero-order valence-electron chi connectivity index (χ0n) is 18.0. The highest BCUT2D eigenvalue weighted by atomic mass is 16.5. The highest BCUT2D eigenvalue weighted by Gasteiger charge is 2.14. The first-order valence-electron chi connectivity index (χ1n) is 9.90. The molecule has 5 heteroatoms. The van der Waals surface area contributed by atoms with Gasteiger partial charge in [0, 0.05) is 24.2 Å². The van der Waals surface area contributed by atoms with Gasteiger partial charge in [0.25, 0.3) is 0 Å². The van der Waals surface area contributed by atoms with E-state index in [-0.39, 0.29) is 6.61 Å². The maximum atomic E-state index is 9.60. The number of aliphatic hydroxyl groups is 1. The van der Waals surface area contributed by atoms with Crippen LogP contribution < -0.4 is 19.9 Å². The zero-order chi connectivity index (χ0) is 21.7. The number of benzene rings is 3. The van der Waals surface area contributed by atoms with Crippen LogP contribution in [0.15, 0.2) is 48.5 Å². The van der Waals surface area contributed by atoms with Crippen molar-refractivity contribution in [1.82, 2.24) is 0 Å². The minimum atomic E-state index is 0.0317. The summed E-state index contributed by atoms with van der Waals surface area (Å²) in [5.74, 6) is 1.95. The first-order chi connectivity index (χ1) is 14.5. The third-order valence-electron chi connectivity index (χ3n) is 5.53. The summed E-state index contributed by atoms with van der Waals surface area (Å²) >= 11 is 0. The third-order valence-corrected chi connectivity index (χ3v) is 5.53. The summed E-state index contributed by atoms with van der Waals surface area (Å²) in [5.41, 5.74) is 13.2. The van der Waals surface area contributed by atoms with Gasteiger partial charge in [-0.15, -0.1) is 0 Å². The molecule has 0 fully saturated rings. The molecule has 0 bridgehead atoms. The van der Waals surface area contributed by atoms with Crippen LogP contribution in [-0.4, -0.2) is 19.3 Å². The van der Waals surface area contributed by atoms with Gasteiger partial charge in [0.2, 0.25) is 0 Å². The SMILES string of the molecule is COc1cc(OCc2cccc(-c3cccc(CO)c3C)c2C)cc(OC)c1CN. The van der Waals surface area contributed by atoms with Crippen molar-refractivity contribution in [2.45, 2.75) is 33.6 Å². The van der Waals surface area contributed by atoms with Crippen molar-refractivity contribution < 1.29 is 19.3 Å². The average molecular weight is 408 g/mol. The summed E-state index contributed by atoms with van der Waals surface area (Å²) in [4.78, 5) is 0. The molecule has 3 aromatic carbocycles. The molecule has 0 amide bonds. The molecule has 158 valence electrons. The fraction of sp³-hybridized carbons (Fsp3) is 0.280. The summed E-state index contributed by atoms with van der Waals surface area (Å²) in [6, 6.07) is 15.9.